The minimum absolute atomic E-state index is 0.0614. The lowest BCUT2D eigenvalue weighted by atomic mass is 9.66. The SMILES string of the molecule is O=S1(=O)NC(=NC23CCC(CC2)CC3)O[C@H]2CCCC[C@H]21. The van der Waals surface area contributed by atoms with Crippen molar-refractivity contribution >= 4 is 16.0 Å². The van der Waals surface area contributed by atoms with Crippen LogP contribution >= 0.6 is 0 Å². The van der Waals surface area contributed by atoms with E-state index >= 15 is 0 Å². The predicted molar refractivity (Wildman–Crippen MR) is 80.5 cm³/mol. The van der Waals surface area contributed by atoms with Crippen molar-refractivity contribution in [3.63, 3.8) is 0 Å². The Balaban J connectivity index is 1.59. The van der Waals surface area contributed by atoms with Crippen LogP contribution < -0.4 is 4.72 Å². The number of nitrogens with zero attached hydrogens (tertiary/aromatic N) is 1. The largest absolute Gasteiger partial charge is 0.460 e. The first-order valence-corrected chi connectivity index (χ1v) is 9.89. The average molecular weight is 312 g/mol. The molecule has 0 unspecified atom stereocenters. The molecule has 4 aliphatic carbocycles. The van der Waals surface area contributed by atoms with E-state index in [0.29, 0.717) is 6.42 Å². The molecule has 1 N–H and O–H groups in total. The third kappa shape index (κ3) is 2.45. The van der Waals surface area contributed by atoms with Crippen LogP contribution in [0.25, 0.3) is 0 Å². The minimum atomic E-state index is -3.31. The molecule has 21 heavy (non-hydrogen) atoms. The molecule has 0 aromatic carbocycles. The van der Waals surface area contributed by atoms with Gasteiger partial charge in [0.2, 0.25) is 10.0 Å². The van der Waals surface area contributed by atoms with Crippen molar-refractivity contribution in [3.05, 3.63) is 0 Å². The molecule has 0 amide bonds. The molecule has 0 aromatic rings. The van der Waals surface area contributed by atoms with E-state index in [1.165, 1.54) is 19.3 Å². The Labute approximate surface area is 126 Å². The third-order valence-electron chi connectivity index (χ3n) is 5.93. The Morgan fingerprint density at radius 2 is 1.71 bits per heavy atom. The number of rotatable bonds is 1. The molecule has 2 atom stereocenters. The second-order valence-electron chi connectivity index (χ2n) is 7.25. The number of nitrogens with one attached hydrogen (secondary N) is 1. The topological polar surface area (TPSA) is 67.8 Å². The van der Waals surface area contributed by atoms with Crippen LogP contribution in [0.1, 0.15) is 64.2 Å². The number of hydrogen-bond acceptors (Lipinski definition) is 4. The number of fused-ring (bicyclic) bond motifs is 4. The van der Waals surface area contributed by atoms with E-state index in [4.69, 9.17) is 9.73 Å². The summed E-state index contributed by atoms with van der Waals surface area (Å²) in [5, 5.41) is -0.384. The number of hydrogen-bond donors (Lipinski definition) is 1. The normalized spacial score (nSPS) is 46.5. The molecule has 118 valence electrons. The molecule has 5 aliphatic rings. The Morgan fingerprint density at radius 1 is 1.05 bits per heavy atom. The third-order valence-corrected chi connectivity index (χ3v) is 7.72. The average Bonchev–Trinajstić information content (AvgIpc) is 2.48. The summed E-state index contributed by atoms with van der Waals surface area (Å²) in [6.45, 7) is 0. The van der Waals surface area contributed by atoms with Crippen LogP contribution in [0, 0.1) is 5.92 Å². The predicted octanol–water partition coefficient (Wildman–Crippen LogP) is 2.33. The molecule has 4 saturated carbocycles. The Hall–Kier alpha value is -0.780. The summed E-state index contributed by atoms with van der Waals surface area (Å²) in [5.41, 5.74) is -0.0614. The summed E-state index contributed by atoms with van der Waals surface area (Å²) in [7, 11) is -3.31. The van der Waals surface area contributed by atoms with Gasteiger partial charge in [-0.1, -0.05) is 6.42 Å². The molecule has 1 heterocycles. The van der Waals surface area contributed by atoms with Crippen LogP contribution in [0.4, 0.5) is 0 Å². The van der Waals surface area contributed by atoms with E-state index in [1.807, 2.05) is 0 Å². The van der Waals surface area contributed by atoms with Gasteiger partial charge in [-0.05, 0) is 63.7 Å². The molecule has 1 aliphatic heterocycles. The van der Waals surface area contributed by atoms with Crippen LogP contribution in [-0.2, 0) is 14.8 Å². The van der Waals surface area contributed by atoms with Crippen LogP contribution in [-0.4, -0.2) is 31.3 Å². The van der Waals surface area contributed by atoms with Gasteiger partial charge in [0.05, 0.1) is 5.54 Å². The van der Waals surface area contributed by atoms with Crippen molar-refractivity contribution in [3.8, 4) is 0 Å². The number of amidine groups is 1. The first-order chi connectivity index (χ1) is 10.1. The lowest BCUT2D eigenvalue weighted by Crippen LogP contribution is -2.55. The Bertz CT molecular complexity index is 535. The number of sulfonamides is 1. The maximum absolute atomic E-state index is 12.4. The van der Waals surface area contributed by atoms with E-state index in [1.54, 1.807) is 0 Å². The Morgan fingerprint density at radius 3 is 2.43 bits per heavy atom. The van der Waals surface area contributed by atoms with Crippen LogP contribution in [0.15, 0.2) is 4.99 Å². The zero-order valence-electron chi connectivity index (χ0n) is 12.4. The van der Waals surface area contributed by atoms with Gasteiger partial charge in [-0.2, -0.15) is 0 Å². The molecule has 5 fully saturated rings. The maximum Gasteiger partial charge on any atom is 0.299 e. The van der Waals surface area contributed by atoms with Crippen molar-refractivity contribution in [1.82, 2.24) is 4.72 Å². The van der Waals surface area contributed by atoms with Crippen molar-refractivity contribution < 1.29 is 13.2 Å². The van der Waals surface area contributed by atoms with Crippen LogP contribution in [0.2, 0.25) is 0 Å². The lowest BCUT2D eigenvalue weighted by molar-refractivity contribution is 0.113. The van der Waals surface area contributed by atoms with Gasteiger partial charge in [-0.3, -0.25) is 0 Å². The molecule has 5 rings (SSSR count). The zero-order chi connectivity index (χ0) is 14.5. The highest BCUT2D eigenvalue weighted by molar-refractivity contribution is 7.90. The van der Waals surface area contributed by atoms with Gasteiger partial charge in [0.1, 0.15) is 11.4 Å². The smallest absolute Gasteiger partial charge is 0.299 e. The van der Waals surface area contributed by atoms with Crippen molar-refractivity contribution in [2.45, 2.75) is 81.1 Å². The van der Waals surface area contributed by atoms with Gasteiger partial charge in [-0.25, -0.2) is 18.1 Å². The van der Waals surface area contributed by atoms with Crippen LogP contribution in [0.5, 0.6) is 0 Å². The molecule has 6 heteroatoms. The molecule has 5 nitrogen and oxygen atoms in total. The number of aliphatic imine (C=N–C) groups is 1. The minimum Gasteiger partial charge on any atom is -0.460 e. The summed E-state index contributed by atoms with van der Waals surface area (Å²) in [6.07, 6.45) is 10.3. The van der Waals surface area contributed by atoms with E-state index in [2.05, 4.69) is 4.72 Å². The molecule has 0 spiro atoms. The van der Waals surface area contributed by atoms with Crippen molar-refractivity contribution in [2.75, 3.05) is 0 Å². The first-order valence-electron chi connectivity index (χ1n) is 8.35. The van der Waals surface area contributed by atoms with Gasteiger partial charge < -0.3 is 4.74 Å². The molecular weight excluding hydrogens is 288 g/mol. The quantitative estimate of drug-likeness (QED) is 0.808. The highest BCUT2D eigenvalue weighted by Gasteiger charge is 2.45. The fourth-order valence-electron chi connectivity index (χ4n) is 4.58. The maximum atomic E-state index is 12.4. The monoisotopic (exact) mass is 312 g/mol. The standard InChI is InChI=1S/C15H24N2O3S/c18-21(19)13-4-2-1-3-12(13)20-14(17-21)16-15-8-5-11(6-9-15)7-10-15/h11-13H,1-10H2,(H,16,17)/t11?,12-,13+,15?/m0/s1. The fraction of sp³-hybridized carbons (Fsp3) is 0.933. The van der Waals surface area contributed by atoms with E-state index in [0.717, 1.165) is 44.4 Å². The summed E-state index contributed by atoms with van der Waals surface area (Å²) in [5.74, 6) is 0.874. The highest BCUT2D eigenvalue weighted by atomic mass is 32.2. The second-order valence-corrected chi connectivity index (χ2v) is 9.15. The summed E-state index contributed by atoms with van der Waals surface area (Å²) in [6, 6.07) is 0.276. The van der Waals surface area contributed by atoms with Gasteiger partial charge in [0.15, 0.2) is 0 Å². The summed E-state index contributed by atoms with van der Waals surface area (Å²) in [4.78, 5) is 4.77. The zero-order valence-corrected chi connectivity index (χ0v) is 13.2. The number of ether oxygens (including phenoxy) is 1. The molecule has 0 radical (unpaired) electrons. The van der Waals surface area contributed by atoms with Gasteiger partial charge in [0.25, 0.3) is 6.02 Å². The Kier molecular flexibility index (Phi) is 3.21. The van der Waals surface area contributed by atoms with E-state index < -0.39 is 10.0 Å². The molecule has 1 saturated heterocycles. The van der Waals surface area contributed by atoms with Crippen molar-refractivity contribution in [1.29, 1.82) is 0 Å². The van der Waals surface area contributed by atoms with E-state index in [9.17, 15) is 8.42 Å². The van der Waals surface area contributed by atoms with Crippen molar-refractivity contribution in [2.24, 2.45) is 10.9 Å². The van der Waals surface area contributed by atoms with E-state index in [-0.39, 0.29) is 22.9 Å². The first kappa shape index (κ1) is 13.9. The van der Waals surface area contributed by atoms with Gasteiger partial charge >= 0.3 is 0 Å². The summed E-state index contributed by atoms with van der Waals surface area (Å²) < 4.78 is 33.3. The van der Waals surface area contributed by atoms with Gasteiger partial charge in [-0.15, -0.1) is 0 Å². The molecular formula is C15H24N2O3S. The van der Waals surface area contributed by atoms with Gasteiger partial charge in [0, 0.05) is 0 Å². The molecule has 2 bridgehead atoms. The molecule has 0 aromatic heterocycles. The highest BCUT2D eigenvalue weighted by Crippen LogP contribution is 2.46. The van der Waals surface area contributed by atoms with Crippen LogP contribution in [0.3, 0.4) is 0 Å². The fourth-order valence-corrected chi connectivity index (χ4v) is 6.13. The lowest BCUT2D eigenvalue weighted by Gasteiger charge is -2.44. The summed E-state index contributed by atoms with van der Waals surface area (Å²) >= 11 is 0. The second kappa shape index (κ2) is 4.86.